The lowest BCUT2D eigenvalue weighted by Gasteiger charge is -2.33. The van der Waals surface area contributed by atoms with Gasteiger partial charge in [0.2, 0.25) is 11.8 Å². The maximum Gasteiger partial charge on any atom is 0.269 e. The van der Waals surface area contributed by atoms with Crippen LogP contribution in [0, 0.1) is 5.82 Å². The Morgan fingerprint density at radius 1 is 0.927 bits per heavy atom. The molecule has 10 heteroatoms. The van der Waals surface area contributed by atoms with E-state index in [1.807, 2.05) is 30.3 Å². The Morgan fingerprint density at radius 2 is 1.59 bits per heavy atom. The molecule has 3 aromatic rings. The van der Waals surface area contributed by atoms with Crippen LogP contribution in [0.1, 0.15) is 53.6 Å². The number of halogens is 1. The number of nitrogens with zero attached hydrogens (tertiary/aromatic N) is 2. The van der Waals surface area contributed by atoms with Crippen molar-refractivity contribution in [1.82, 2.24) is 14.5 Å². The average molecular weight is 578 g/mol. The Kier molecular flexibility index (Phi) is 8.49. The zero-order valence-electron chi connectivity index (χ0n) is 22.5. The number of carbonyl (C=O) groups excluding carboxylic acids is 3. The second kappa shape index (κ2) is 12.2. The number of hydrogen-bond acceptors (Lipinski definition) is 5. The number of amides is 3. The lowest BCUT2D eigenvalue weighted by Crippen LogP contribution is -2.52. The van der Waals surface area contributed by atoms with E-state index in [2.05, 4.69) is 5.32 Å². The van der Waals surface area contributed by atoms with Gasteiger partial charge >= 0.3 is 0 Å². The monoisotopic (exact) mass is 577 g/mol. The Morgan fingerprint density at radius 3 is 2.27 bits per heavy atom. The highest BCUT2D eigenvalue weighted by molar-refractivity contribution is 7.90. The van der Waals surface area contributed by atoms with Crippen LogP contribution in [0.2, 0.25) is 0 Å². The summed E-state index contributed by atoms with van der Waals surface area (Å²) in [6.45, 7) is -0.355. The molecule has 3 aromatic carbocycles. The van der Waals surface area contributed by atoms with Gasteiger partial charge in [0.05, 0.1) is 5.56 Å². The van der Waals surface area contributed by atoms with Crippen LogP contribution < -0.4 is 5.32 Å². The van der Waals surface area contributed by atoms with Crippen LogP contribution in [-0.2, 0) is 32.6 Å². The van der Waals surface area contributed by atoms with E-state index in [4.69, 9.17) is 0 Å². The van der Waals surface area contributed by atoms with Crippen LogP contribution in [0.3, 0.4) is 0 Å². The molecule has 0 spiro atoms. The number of carbonyl (C=O) groups is 3. The Bertz CT molecular complexity index is 1520. The zero-order valence-corrected chi connectivity index (χ0v) is 23.4. The molecule has 1 heterocycles. The van der Waals surface area contributed by atoms with Gasteiger partial charge in [0.25, 0.3) is 15.9 Å². The van der Waals surface area contributed by atoms with Crippen LogP contribution in [0.25, 0.3) is 0 Å². The molecule has 41 heavy (non-hydrogen) atoms. The Hall–Kier alpha value is -4.05. The van der Waals surface area contributed by atoms with Gasteiger partial charge < -0.3 is 10.2 Å². The van der Waals surface area contributed by atoms with Gasteiger partial charge in [0, 0.05) is 32.0 Å². The molecule has 1 saturated carbocycles. The van der Waals surface area contributed by atoms with E-state index in [9.17, 15) is 27.2 Å². The van der Waals surface area contributed by atoms with E-state index >= 15 is 0 Å². The first-order valence-electron chi connectivity index (χ1n) is 13.8. The van der Waals surface area contributed by atoms with E-state index in [1.165, 1.54) is 29.2 Å². The summed E-state index contributed by atoms with van der Waals surface area (Å²) in [7, 11) is -4.09. The highest BCUT2D eigenvalue weighted by Crippen LogP contribution is 2.30. The molecule has 3 amide bonds. The van der Waals surface area contributed by atoms with Gasteiger partial charge in [-0.2, -0.15) is 0 Å². The third-order valence-electron chi connectivity index (χ3n) is 7.68. The fourth-order valence-corrected chi connectivity index (χ4v) is 7.07. The molecule has 1 unspecified atom stereocenters. The van der Waals surface area contributed by atoms with Gasteiger partial charge in [-0.05, 0) is 48.2 Å². The standard InChI is InChI=1S/C31H32FN3O5S/c32-24-16-14-23(15-17-24)21-34(27(20-22-8-2-1-3-9-22)30(37)33-25-10-4-5-11-25)29(36)18-19-35-31(38)26-12-6-7-13-28(26)41(35,39)40/h1-3,6-9,12-17,25,27H,4-5,10-11,18-21H2,(H,33,37). The summed E-state index contributed by atoms with van der Waals surface area (Å²) in [5, 5.41) is 3.11. The molecule has 0 aromatic heterocycles. The van der Waals surface area contributed by atoms with Gasteiger partial charge in [-0.25, -0.2) is 17.1 Å². The predicted molar refractivity (Wildman–Crippen MR) is 151 cm³/mol. The van der Waals surface area contributed by atoms with E-state index < -0.39 is 33.7 Å². The minimum absolute atomic E-state index is 0.00955. The van der Waals surface area contributed by atoms with E-state index in [0.29, 0.717) is 5.56 Å². The molecular formula is C31H32FN3O5S. The molecule has 0 saturated heterocycles. The molecule has 214 valence electrons. The minimum atomic E-state index is -4.09. The van der Waals surface area contributed by atoms with Crippen molar-refractivity contribution in [2.75, 3.05) is 6.54 Å². The molecule has 1 N–H and O–H groups in total. The predicted octanol–water partition coefficient (Wildman–Crippen LogP) is 4.06. The molecule has 8 nitrogen and oxygen atoms in total. The fraction of sp³-hybridized carbons (Fsp3) is 0.323. The fourth-order valence-electron chi connectivity index (χ4n) is 5.50. The number of fused-ring (bicyclic) bond motifs is 1. The lowest BCUT2D eigenvalue weighted by atomic mass is 10.0. The Balaban J connectivity index is 1.42. The molecule has 1 fully saturated rings. The van der Waals surface area contributed by atoms with E-state index in [-0.39, 0.29) is 48.3 Å². The molecule has 0 bridgehead atoms. The summed E-state index contributed by atoms with van der Waals surface area (Å²) in [5.41, 5.74) is 1.54. The number of hydrogen-bond donors (Lipinski definition) is 1. The highest BCUT2D eigenvalue weighted by Gasteiger charge is 2.41. The lowest BCUT2D eigenvalue weighted by molar-refractivity contribution is -0.141. The van der Waals surface area contributed by atoms with Crippen molar-refractivity contribution >= 4 is 27.7 Å². The first-order valence-corrected chi connectivity index (χ1v) is 15.2. The molecule has 2 aliphatic rings. The van der Waals surface area contributed by atoms with Gasteiger partial charge in [0.1, 0.15) is 16.8 Å². The van der Waals surface area contributed by atoms with Crippen molar-refractivity contribution < 1.29 is 27.2 Å². The summed E-state index contributed by atoms with van der Waals surface area (Å²) < 4.78 is 40.5. The zero-order chi connectivity index (χ0) is 29.0. The van der Waals surface area contributed by atoms with Gasteiger partial charge in [-0.3, -0.25) is 14.4 Å². The van der Waals surface area contributed by atoms with Crippen LogP contribution in [-0.4, -0.2) is 54.0 Å². The molecule has 1 aliphatic carbocycles. The van der Waals surface area contributed by atoms with Crippen molar-refractivity contribution in [1.29, 1.82) is 0 Å². The summed E-state index contributed by atoms with van der Waals surface area (Å²) in [6.07, 6.45) is 3.69. The van der Waals surface area contributed by atoms with Crippen LogP contribution in [0.15, 0.2) is 83.8 Å². The average Bonchev–Trinajstić information content (AvgIpc) is 3.55. The largest absolute Gasteiger partial charge is 0.352 e. The van der Waals surface area contributed by atoms with E-state index in [1.54, 1.807) is 24.3 Å². The third-order valence-corrected chi connectivity index (χ3v) is 9.52. The highest BCUT2D eigenvalue weighted by atomic mass is 32.2. The third kappa shape index (κ3) is 6.32. The van der Waals surface area contributed by atoms with Crippen LogP contribution >= 0.6 is 0 Å². The normalized spacial score (nSPS) is 16.8. The Labute approximate surface area is 239 Å². The van der Waals surface area contributed by atoms with Crippen LogP contribution in [0.5, 0.6) is 0 Å². The number of benzene rings is 3. The number of sulfonamides is 1. The second-order valence-electron chi connectivity index (χ2n) is 10.5. The molecule has 1 atom stereocenters. The quantitative estimate of drug-likeness (QED) is 0.392. The second-order valence-corrected chi connectivity index (χ2v) is 12.3. The summed E-state index contributed by atoms with van der Waals surface area (Å²) in [6, 6.07) is 20.1. The first-order chi connectivity index (χ1) is 19.7. The first kappa shape index (κ1) is 28.5. The summed E-state index contributed by atoms with van der Waals surface area (Å²) >= 11 is 0. The van der Waals surface area contributed by atoms with E-state index in [0.717, 1.165) is 35.6 Å². The summed E-state index contributed by atoms with van der Waals surface area (Å²) in [4.78, 5) is 41.9. The maximum atomic E-state index is 13.9. The SMILES string of the molecule is O=C(NC1CCCC1)C(Cc1ccccc1)N(Cc1ccc(F)cc1)C(=O)CCN1C(=O)c2ccccc2S1(=O)=O. The molecule has 0 radical (unpaired) electrons. The van der Waals surface area contributed by atoms with Gasteiger partial charge in [-0.15, -0.1) is 0 Å². The van der Waals surface area contributed by atoms with Crippen molar-refractivity contribution in [3.05, 3.63) is 101 Å². The van der Waals surface area contributed by atoms with Crippen molar-refractivity contribution in [2.24, 2.45) is 0 Å². The van der Waals surface area contributed by atoms with Crippen molar-refractivity contribution in [2.45, 2.75) is 62.0 Å². The van der Waals surface area contributed by atoms with Crippen molar-refractivity contribution in [3.63, 3.8) is 0 Å². The minimum Gasteiger partial charge on any atom is -0.352 e. The number of nitrogens with one attached hydrogen (secondary N) is 1. The molecule has 1 aliphatic heterocycles. The summed E-state index contributed by atoms with van der Waals surface area (Å²) in [5.74, 6) is -1.90. The number of rotatable bonds is 10. The topological polar surface area (TPSA) is 104 Å². The smallest absolute Gasteiger partial charge is 0.269 e. The molecular weight excluding hydrogens is 545 g/mol. The van der Waals surface area contributed by atoms with Crippen molar-refractivity contribution in [3.8, 4) is 0 Å². The van der Waals surface area contributed by atoms with Gasteiger partial charge in [0.15, 0.2) is 0 Å². The molecule has 5 rings (SSSR count). The van der Waals surface area contributed by atoms with Gasteiger partial charge in [-0.1, -0.05) is 67.4 Å². The van der Waals surface area contributed by atoms with Crippen LogP contribution in [0.4, 0.5) is 4.39 Å². The maximum absolute atomic E-state index is 13.9.